The lowest BCUT2D eigenvalue weighted by Crippen LogP contribution is -2.50. The van der Waals surface area contributed by atoms with Gasteiger partial charge in [-0.25, -0.2) is 0 Å². The molecule has 0 unspecified atom stereocenters. The van der Waals surface area contributed by atoms with Crippen LogP contribution in [-0.4, -0.2) is 95.2 Å². The maximum Gasteiger partial charge on any atom is 0.236 e. The Morgan fingerprint density at radius 1 is 1.03 bits per heavy atom. The summed E-state index contributed by atoms with van der Waals surface area (Å²) >= 11 is 0. The predicted molar refractivity (Wildman–Crippen MR) is 146 cm³/mol. The molecule has 2 atom stereocenters. The highest BCUT2D eigenvalue weighted by Crippen LogP contribution is 2.30. The molecule has 0 N–H and O–H groups in total. The number of carbonyl (C=O) groups excluding carboxylic acids is 3. The smallest absolute Gasteiger partial charge is 0.236 e. The Kier molecular flexibility index (Phi) is 8.88. The van der Waals surface area contributed by atoms with Crippen LogP contribution in [-0.2, 0) is 27.5 Å². The number of carbonyl (C=O) groups is 3. The first-order valence-electron chi connectivity index (χ1n) is 13.8. The molecule has 3 aliphatic rings. The summed E-state index contributed by atoms with van der Waals surface area (Å²) < 4.78 is 6.16. The Hall–Kier alpha value is -3.72. The normalized spacial score (nSPS) is 23.5. The lowest BCUT2D eigenvalue weighted by molar-refractivity contribution is -0.138. The number of fused-ring (bicyclic) bond motifs is 3. The number of amides is 3. The molecule has 2 bridgehead atoms. The SMILES string of the molecule is O=CN1CCN(C(=O)C[C@@H]2CCN3C[C@@H]2/C=C/COc2ccccc2CN(Cc2ccccn2)CC3=O)CC1. The van der Waals surface area contributed by atoms with Gasteiger partial charge in [0.15, 0.2) is 0 Å². The van der Waals surface area contributed by atoms with Crippen LogP contribution in [0.5, 0.6) is 5.75 Å². The Labute approximate surface area is 230 Å². The van der Waals surface area contributed by atoms with E-state index in [1.54, 1.807) is 11.1 Å². The van der Waals surface area contributed by atoms with Crippen LogP contribution in [0.25, 0.3) is 0 Å². The van der Waals surface area contributed by atoms with Crippen molar-refractivity contribution in [3.63, 3.8) is 0 Å². The second-order valence-corrected chi connectivity index (χ2v) is 10.6. The van der Waals surface area contributed by atoms with E-state index in [1.807, 2.05) is 58.3 Å². The summed E-state index contributed by atoms with van der Waals surface area (Å²) in [4.78, 5) is 49.9. The van der Waals surface area contributed by atoms with E-state index in [9.17, 15) is 14.4 Å². The molecule has 1 aromatic carbocycles. The van der Waals surface area contributed by atoms with Gasteiger partial charge >= 0.3 is 0 Å². The molecule has 39 heavy (non-hydrogen) atoms. The van der Waals surface area contributed by atoms with Gasteiger partial charge in [-0.3, -0.25) is 24.3 Å². The highest BCUT2D eigenvalue weighted by molar-refractivity contribution is 5.79. The first-order valence-corrected chi connectivity index (χ1v) is 13.8. The summed E-state index contributed by atoms with van der Waals surface area (Å²) in [5.74, 6) is 1.27. The molecular formula is C30H37N5O4. The number of nitrogens with zero attached hydrogens (tertiary/aromatic N) is 5. The summed E-state index contributed by atoms with van der Waals surface area (Å²) in [6.07, 6.45) is 8.02. The van der Waals surface area contributed by atoms with E-state index in [1.165, 1.54) is 0 Å². The van der Waals surface area contributed by atoms with E-state index >= 15 is 0 Å². The molecule has 4 heterocycles. The third-order valence-corrected chi connectivity index (χ3v) is 7.97. The van der Waals surface area contributed by atoms with Gasteiger partial charge in [-0.1, -0.05) is 36.4 Å². The van der Waals surface area contributed by atoms with Gasteiger partial charge < -0.3 is 19.4 Å². The number of rotatable bonds is 5. The molecule has 0 saturated carbocycles. The van der Waals surface area contributed by atoms with Crippen LogP contribution in [0.15, 0.2) is 60.8 Å². The molecule has 2 fully saturated rings. The zero-order valence-electron chi connectivity index (χ0n) is 22.4. The van der Waals surface area contributed by atoms with E-state index in [0.717, 1.165) is 29.8 Å². The molecule has 0 radical (unpaired) electrons. The quantitative estimate of drug-likeness (QED) is 0.434. The van der Waals surface area contributed by atoms with Gasteiger partial charge in [0.1, 0.15) is 12.4 Å². The van der Waals surface area contributed by atoms with Crippen LogP contribution < -0.4 is 4.74 Å². The second-order valence-electron chi connectivity index (χ2n) is 10.6. The number of benzene rings is 1. The van der Waals surface area contributed by atoms with Gasteiger partial charge in [0, 0.05) is 70.5 Å². The number of aromatic nitrogens is 1. The number of ether oxygens (including phenoxy) is 1. The van der Waals surface area contributed by atoms with Crippen molar-refractivity contribution < 1.29 is 19.1 Å². The average molecular weight is 532 g/mol. The van der Waals surface area contributed by atoms with Crippen LogP contribution in [0.1, 0.15) is 24.1 Å². The van der Waals surface area contributed by atoms with E-state index in [4.69, 9.17) is 4.74 Å². The van der Waals surface area contributed by atoms with Crippen molar-refractivity contribution in [1.82, 2.24) is 24.6 Å². The van der Waals surface area contributed by atoms with Crippen LogP contribution in [0.2, 0.25) is 0 Å². The van der Waals surface area contributed by atoms with Gasteiger partial charge in [0.2, 0.25) is 18.2 Å². The fourth-order valence-corrected chi connectivity index (χ4v) is 5.72. The molecule has 9 nitrogen and oxygen atoms in total. The Bertz CT molecular complexity index is 1160. The fourth-order valence-electron chi connectivity index (χ4n) is 5.72. The summed E-state index contributed by atoms with van der Waals surface area (Å²) in [5.41, 5.74) is 1.95. The van der Waals surface area contributed by atoms with E-state index in [-0.39, 0.29) is 30.2 Å². The molecule has 0 spiro atoms. The summed E-state index contributed by atoms with van der Waals surface area (Å²) in [5, 5.41) is 0. The highest BCUT2D eigenvalue weighted by Gasteiger charge is 2.33. The Balaban J connectivity index is 1.31. The molecule has 206 valence electrons. The first-order chi connectivity index (χ1) is 19.1. The molecule has 2 saturated heterocycles. The van der Waals surface area contributed by atoms with Crippen LogP contribution in [0, 0.1) is 11.8 Å². The number of hydrogen-bond acceptors (Lipinski definition) is 6. The number of pyridine rings is 1. The van der Waals surface area contributed by atoms with Crippen LogP contribution in [0.3, 0.4) is 0 Å². The van der Waals surface area contributed by atoms with Crippen molar-refractivity contribution in [2.24, 2.45) is 11.8 Å². The van der Waals surface area contributed by atoms with Gasteiger partial charge in [-0.15, -0.1) is 0 Å². The lowest BCUT2D eigenvalue weighted by atomic mass is 9.82. The van der Waals surface area contributed by atoms with Gasteiger partial charge in [-0.05, 0) is 36.5 Å². The monoisotopic (exact) mass is 531 g/mol. The average Bonchev–Trinajstić information content (AvgIpc) is 2.97. The van der Waals surface area contributed by atoms with Crippen molar-refractivity contribution in [2.45, 2.75) is 25.9 Å². The predicted octanol–water partition coefficient (Wildman–Crippen LogP) is 2.19. The maximum absolute atomic E-state index is 13.6. The van der Waals surface area contributed by atoms with Gasteiger partial charge in [-0.2, -0.15) is 0 Å². The van der Waals surface area contributed by atoms with E-state index < -0.39 is 0 Å². The molecular weight excluding hydrogens is 494 g/mol. The topological polar surface area (TPSA) is 86.3 Å². The largest absolute Gasteiger partial charge is 0.489 e. The molecule has 1 aromatic heterocycles. The third kappa shape index (κ3) is 7.03. The summed E-state index contributed by atoms with van der Waals surface area (Å²) in [7, 11) is 0. The zero-order chi connectivity index (χ0) is 27.0. The highest BCUT2D eigenvalue weighted by atomic mass is 16.5. The fraction of sp³-hybridized carbons (Fsp3) is 0.467. The third-order valence-electron chi connectivity index (χ3n) is 7.97. The van der Waals surface area contributed by atoms with Crippen molar-refractivity contribution in [2.75, 3.05) is 52.4 Å². The minimum Gasteiger partial charge on any atom is -0.489 e. The Morgan fingerprint density at radius 3 is 2.64 bits per heavy atom. The number of piperazine rings is 1. The minimum absolute atomic E-state index is 0.0757. The maximum atomic E-state index is 13.6. The zero-order valence-corrected chi connectivity index (χ0v) is 22.4. The standard InChI is InChI=1S/C30H37N5O4/c36-23-32-13-15-34(16-14-32)29(37)18-24-10-12-35-20-25(24)7-5-17-39-28-9-2-1-6-26(28)19-33(22-30(35)38)21-27-8-3-4-11-31-27/h1-9,11,23-25H,10,12-22H2/b7-5+/t24-,25-/m0/s1. The molecule has 5 rings (SSSR count). The number of para-hydroxylation sites is 1. The Morgan fingerprint density at radius 2 is 1.85 bits per heavy atom. The van der Waals surface area contributed by atoms with Crippen molar-refractivity contribution in [3.8, 4) is 5.75 Å². The van der Waals surface area contributed by atoms with Crippen molar-refractivity contribution in [3.05, 3.63) is 72.1 Å². The molecule has 3 amide bonds. The van der Waals surface area contributed by atoms with E-state index in [2.05, 4.69) is 16.0 Å². The van der Waals surface area contributed by atoms with Gasteiger partial charge in [0.05, 0.1) is 12.2 Å². The lowest BCUT2D eigenvalue weighted by Gasteiger charge is -2.39. The van der Waals surface area contributed by atoms with Gasteiger partial charge in [0.25, 0.3) is 0 Å². The number of hydrogen-bond donors (Lipinski definition) is 0. The van der Waals surface area contributed by atoms with Crippen LogP contribution >= 0.6 is 0 Å². The summed E-state index contributed by atoms with van der Waals surface area (Å²) in [6.45, 7) is 5.41. The van der Waals surface area contributed by atoms with Crippen LogP contribution in [0.4, 0.5) is 0 Å². The van der Waals surface area contributed by atoms with Crippen molar-refractivity contribution in [1.29, 1.82) is 0 Å². The molecule has 2 aromatic rings. The van der Waals surface area contributed by atoms with Crippen molar-refractivity contribution >= 4 is 18.2 Å². The second kappa shape index (κ2) is 12.9. The molecule has 0 aliphatic carbocycles. The minimum atomic E-state index is 0.0757. The number of piperidine rings is 1. The molecule has 3 aliphatic heterocycles. The summed E-state index contributed by atoms with van der Waals surface area (Å²) in [6, 6.07) is 13.8. The molecule has 9 heteroatoms. The van der Waals surface area contributed by atoms with E-state index in [0.29, 0.717) is 65.4 Å². The first kappa shape index (κ1) is 26.9.